The zero-order valence-electron chi connectivity index (χ0n) is 36.4. The normalized spacial score (nSPS) is 15.9. The van der Waals surface area contributed by atoms with Crippen LogP contribution in [0.3, 0.4) is 0 Å². The van der Waals surface area contributed by atoms with Crippen molar-refractivity contribution in [3.63, 3.8) is 0 Å². The van der Waals surface area contributed by atoms with Gasteiger partial charge in [0.25, 0.3) is 0 Å². The van der Waals surface area contributed by atoms with Crippen molar-refractivity contribution < 1.29 is 0 Å². The summed E-state index contributed by atoms with van der Waals surface area (Å²) in [6.07, 6.45) is 2.27. The average molecular weight is 846 g/mol. The van der Waals surface area contributed by atoms with E-state index in [4.69, 9.17) is 4.99 Å². The van der Waals surface area contributed by atoms with Crippen molar-refractivity contribution >= 4 is 33.9 Å². The Labute approximate surface area is 387 Å². The van der Waals surface area contributed by atoms with Crippen LogP contribution in [0.15, 0.2) is 266 Å². The van der Waals surface area contributed by atoms with Gasteiger partial charge in [-0.3, -0.25) is 0 Å². The van der Waals surface area contributed by atoms with Gasteiger partial charge in [0.15, 0.2) is 0 Å². The van der Waals surface area contributed by atoms with Crippen LogP contribution in [0, 0.1) is 0 Å². The number of nitrogens with zero attached hydrogens (tertiary/aromatic N) is 1. The first-order valence-corrected chi connectivity index (χ1v) is 22.7. The van der Waals surface area contributed by atoms with E-state index in [1.807, 2.05) is 6.07 Å². The van der Waals surface area contributed by atoms with E-state index >= 15 is 0 Å². The van der Waals surface area contributed by atoms with E-state index in [0.717, 1.165) is 67.3 Å². The lowest BCUT2D eigenvalue weighted by molar-refractivity contribution is 0.781. The fraction of sp³-hybridized carbons (Fsp3) is 0.0317. The molecule has 0 aliphatic carbocycles. The number of rotatable bonds is 10. The quantitative estimate of drug-likeness (QED) is 0.144. The van der Waals surface area contributed by atoms with Crippen LogP contribution in [-0.4, -0.2) is 5.84 Å². The van der Waals surface area contributed by atoms with Crippen LogP contribution in [0.25, 0.3) is 50.4 Å². The molecule has 66 heavy (non-hydrogen) atoms. The lowest BCUT2D eigenvalue weighted by atomic mass is 9.77. The highest BCUT2D eigenvalue weighted by Crippen LogP contribution is 2.50. The predicted molar refractivity (Wildman–Crippen MR) is 276 cm³/mol. The van der Waals surface area contributed by atoms with E-state index in [1.165, 1.54) is 33.4 Å². The molecule has 2 aliphatic rings. The maximum Gasteiger partial charge on any atom is 0.134 e. The SMILES string of the molecule is C1=C(c2ccccc2-c2ccccc2)N=C(c2ccccc2)NC1c1cccc(-c2ccc(C3=C(c4ccccc4)C(c4ccccc4)NC(c4ccccc4)=C3c3ccccc3)cc2)c1. The lowest BCUT2D eigenvalue weighted by Gasteiger charge is -2.36. The molecule has 0 spiro atoms. The highest BCUT2D eigenvalue weighted by atomic mass is 15.0. The summed E-state index contributed by atoms with van der Waals surface area (Å²) in [5.41, 5.74) is 19.5. The van der Waals surface area contributed by atoms with Gasteiger partial charge in [0.1, 0.15) is 5.84 Å². The molecule has 0 saturated carbocycles. The van der Waals surface area contributed by atoms with Crippen molar-refractivity contribution in [3.8, 4) is 22.3 Å². The molecule has 0 fully saturated rings. The van der Waals surface area contributed by atoms with Gasteiger partial charge in [-0.05, 0) is 78.9 Å². The van der Waals surface area contributed by atoms with Crippen LogP contribution in [0.4, 0.5) is 0 Å². The van der Waals surface area contributed by atoms with Gasteiger partial charge < -0.3 is 10.6 Å². The summed E-state index contributed by atoms with van der Waals surface area (Å²) in [6.45, 7) is 0. The number of allylic oxidation sites excluding steroid dienone is 2. The zero-order chi connectivity index (χ0) is 44.1. The molecule has 9 aromatic carbocycles. The third-order valence-electron chi connectivity index (χ3n) is 12.6. The maximum atomic E-state index is 5.28. The van der Waals surface area contributed by atoms with Crippen molar-refractivity contribution in [2.75, 3.05) is 0 Å². The summed E-state index contributed by atoms with van der Waals surface area (Å²) in [7, 11) is 0. The van der Waals surface area contributed by atoms with Gasteiger partial charge in [-0.2, -0.15) is 0 Å². The van der Waals surface area contributed by atoms with Gasteiger partial charge in [0.05, 0.1) is 23.5 Å². The molecule has 2 atom stereocenters. The molecule has 0 amide bonds. The minimum atomic E-state index is -0.117. The third-order valence-corrected chi connectivity index (χ3v) is 12.6. The van der Waals surface area contributed by atoms with Gasteiger partial charge in [-0.15, -0.1) is 0 Å². The maximum absolute atomic E-state index is 5.28. The molecule has 11 rings (SSSR count). The molecule has 2 unspecified atom stereocenters. The Morgan fingerprint density at radius 1 is 0.318 bits per heavy atom. The highest BCUT2D eigenvalue weighted by Gasteiger charge is 2.33. The lowest BCUT2D eigenvalue weighted by Crippen LogP contribution is -2.31. The third kappa shape index (κ3) is 8.11. The molecule has 0 radical (unpaired) electrons. The highest BCUT2D eigenvalue weighted by molar-refractivity contribution is 6.24. The molecule has 0 saturated heterocycles. The van der Waals surface area contributed by atoms with Crippen LogP contribution in [0.5, 0.6) is 0 Å². The summed E-state index contributed by atoms with van der Waals surface area (Å²) in [6, 6.07) is 90.9. The second kappa shape index (κ2) is 18.3. The van der Waals surface area contributed by atoms with Crippen molar-refractivity contribution in [1.29, 1.82) is 0 Å². The number of dihydropyridines is 1. The first kappa shape index (κ1) is 40.3. The molecule has 2 aliphatic heterocycles. The molecular formula is C63H47N3. The minimum Gasteiger partial charge on any atom is -0.373 e. The molecule has 2 heterocycles. The minimum absolute atomic E-state index is 0.104. The Bertz CT molecular complexity index is 3250. The van der Waals surface area contributed by atoms with Crippen LogP contribution in [0.1, 0.15) is 56.6 Å². The molecule has 2 N–H and O–H groups in total. The van der Waals surface area contributed by atoms with Gasteiger partial charge in [0.2, 0.25) is 0 Å². The van der Waals surface area contributed by atoms with Crippen molar-refractivity contribution in [2.45, 2.75) is 12.1 Å². The summed E-state index contributed by atoms with van der Waals surface area (Å²) in [5.74, 6) is 0.853. The van der Waals surface area contributed by atoms with E-state index in [0.29, 0.717) is 0 Å². The molecule has 0 aromatic heterocycles. The van der Waals surface area contributed by atoms with E-state index < -0.39 is 0 Å². The Morgan fingerprint density at radius 3 is 1.42 bits per heavy atom. The Hall–Kier alpha value is -8.53. The number of hydrogen-bond donors (Lipinski definition) is 2. The van der Waals surface area contributed by atoms with Gasteiger partial charge in [-0.1, -0.05) is 249 Å². The standard InChI is InChI=1S/C63H47N3/c1-7-22-45(23-8-1)54-36-19-20-37-55(54)57-43-56(64-63(65-57)51-32-17-6-18-33-51)53-35-21-34-52(42-53)44-38-40-48(41-39-44)58-59(46-24-9-2-10-25-46)61(49-28-13-4-14-29-49)66-62(50-30-15-5-16-31-50)60(58)47-26-11-3-12-27-47/h1-43,56,61,66H,(H,64,65). The van der Waals surface area contributed by atoms with E-state index in [9.17, 15) is 0 Å². The summed E-state index contributed by atoms with van der Waals surface area (Å²) in [5, 5.41) is 7.91. The van der Waals surface area contributed by atoms with Crippen molar-refractivity contribution in [2.24, 2.45) is 4.99 Å². The molecule has 314 valence electrons. The number of hydrogen-bond acceptors (Lipinski definition) is 3. The topological polar surface area (TPSA) is 36.4 Å². The van der Waals surface area contributed by atoms with E-state index in [1.54, 1.807) is 0 Å². The molecule has 3 heteroatoms. The predicted octanol–water partition coefficient (Wildman–Crippen LogP) is 15.0. The van der Waals surface area contributed by atoms with Gasteiger partial charge >= 0.3 is 0 Å². The van der Waals surface area contributed by atoms with Gasteiger partial charge in [-0.25, -0.2) is 4.99 Å². The Kier molecular flexibility index (Phi) is 11.2. The molecule has 9 aromatic rings. The molecular weight excluding hydrogens is 799 g/mol. The number of aliphatic imine (C=N–C) groups is 1. The fourth-order valence-electron chi connectivity index (χ4n) is 9.47. The second-order valence-electron chi connectivity index (χ2n) is 16.7. The zero-order valence-corrected chi connectivity index (χ0v) is 36.4. The monoisotopic (exact) mass is 845 g/mol. The van der Waals surface area contributed by atoms with Gasteiger partial charge in [0, 0.05) is 16.7 Å². The van der Waals surface area contributed by atoms with Crippen LogP contribution < -0.4 is 10.6 Å². The van der Waals surface area contributed by atoms with Crippen molar-refractivity contribution in [1.82, 2.24) is 10.6 Å². The Morgan fingerprint density at radius 2 is 0.788 bits per heavy atom. The van der Waals surface area contributed by atoms with Crippen molar-refractivity contribution in [3.05, 3.63) is 305 Å². The smallest absolute Gasteiger partial charge is 0.134 e. The van der Waals surface area contributed by atoms with E-state index in [2.05, 4.69) is 265 Å². The summed E-state index contributed by atoms with van der Waals surface area (Å²) in [4.78, 5) is 5.28. The first-order chi connectivity index (χ1) is 32.7. The van der Waals surface area contributed by atoms with Crippen LogP contribution >= 0.6 is 0 Å². The second-order valence-corrected chi connectivity index (χ2v) is 16.7. The average Bonchev–Trinajstić information content (AvgIpc) is 3.41. The molecule has 3 nitrogen and oxygen atoms in total. The van der Waals surface area contributed by atoms with E-state index in [-0.39, 0.29) is 12.1 Å². The Balaban J connectivity index is 1.03. The van der Waals surface area contributed by atoms with Crippen LogP contribution in [-0.2, 0) is 0 Å². The molecule has 0 bridgehead atoms. The number of benzene rings is 9. The number of amidine groups is 1. The first-order valence-electron chi connectivity index (χ1n) is 22.7. The summed E-state index contributed by atoms with van der Waals surface area (Å²) < 4.78 is 0. The summed E-state index contributed by atoms with van der Waals surface area (Å²) >= 11 is 0. The largest absolute Gasteiger partial charge is 0.373 e. The van der Waals surface area contributed by atoms with Crippen LogP contribution in [0.2, 0.25) is 0 Å². The number of nitrogens with one attached hydrogen (secondary N) is 2. The fourth-order valence-corrected chi connectivity index (χ4v) is 9.47.